The third-order valence-electron chi connectivity index (χ3n) is 7.97. The molecule has 0 saturated heterocycles. The monoisotopic (exact) mass is 740 g/mol. The van der Waals surface area contributed by atoms with Gasteiger partial charge in [0.05, 0.1) is 43.0 Å². The zero-order valence-corrected chi connectivity index (χ0v) is 29.3. The van der Waals surface area contributed by atoms with Crippen molar-refractivity contribution in [2.45, 2.75) is 29.6 Å². The molecule has 0 radical (unpaired) electrons. The highest BCUT2D eigenvalue weighted by Crippen LogP contribution is 2.42. The molecule has 2 aliphatic rings. The highest BCUT2D eigenvalue weighted by molar-refractivity contribution is 8.14. The van der Waals surface area contributed by atoms with Gasteiger partial charge in [-0.1, -0.05) is 23.5 Å². The minimum Gasteiger partial charge on any atom is -0.495 e. The highest BCUT2D eigenvalue weighted by Gasteiger charge is 2.24. The lowest BCUT2D eigenvalue weighted by Crippen LogP contribution is -2.04. The Morgan fingerprint density at radius 2 is 1.23 bits per heavy atom. The van der Waals surface area contributed by atoms with Crippen LogP contribution in [0.5, 0.6) is 11.5 Å². The number of rotatable bonds is 9. The van der Waals surface area contributed by atoms with E-state index < -0.39 is 11.9 Å². The SMILES string of the molecule is CCOC(=O)c1cc2c(Nc3cc4c(cc3OC)CC(=O)S4)ncnc2[nH]1.COc1cc2c(cc1Nc1ncnc3[nH]c(C(=O)O)cc13)SC(=O)C2. The number of H-pyrrole nitrogens is 2. The summed E-state index contributed by atoms with van der Waals surface area (Å²) >= 11 is 2.41. The quantitative estimate of drug-likeness (QED) is 0.113. The molecular weight excluding hydrogens is 713 g/mol. The van der Waals surface area contributed by atoms with Crippen molar-refractivity contribution in [3.63, 3.8) is 0 Å². The Morgan fingerprint density at radius 1 is 0.750 bits per heavy atom. The van der Waals surface area contributed by atoms with E-state index in [1.54, 1.807) is 27.2 Å². The molecule has 0 unspecified atom stereocenters. The molecule has 0 fully saturated rings. The number of esters is 1. The molecule has 52 heavy (non-hydrogen) atoms. The largest absolute Gasteiger partial charge is 0.495 e. The van der Waals surface area contributed by atoms with Crippen molar-refractivity contribution in [3.05, 3.63) is 71.6 Å². The number of benzene rings is 2. The number of ether oxygens (including phenoxy) is 3. The fraction of sp³-hybridized carbons (Fsp3) is 0.176. The first-order valence-corrected chi connectivity index (χ1v) is 17.2. The normalized spacial score (nSPS) is 13.0. The van der Waals surface area contributed by atoms with E-state index in [0.717, 1.165) is 20.9 Å². The number of hydrogen-bond donors (Lipinski definition) is 5. The Hall–Kier alpha value is -6.14. The summed E-state index contributed by atoms with van der Waals surface area (Å²) in [5.41, 5.74) is 4.46. The van der Waals surface area contributed by atoms with E-state index in [9.17, 15) is 19.2 Å². The van der Waals surface area contributed by atoms with Crippen LogP contribution in [0.25, 0.3) is 22.1 Å². The van der Waals surface area contributed by atoms with Gasteiger partial charge in [-0.05, 0) is 54.4 Å². The molecule has 6 heterocycles. The van der Waals surface area contributed by atoms with E-state index in [4.69, 9.17) is 19.3 Å². The Bertz CT molecular complexity index is 2430. The topological polar surface area (TPSA) is 223 Å². The van der Waals surface area contributed by atoms with Crippen LogP contribution in [0.1, 0.15) is 39.0 Å². The van der Waals surface area contributed by atoms with E-state index in [1.807, 2.05) is 24.3 Å². The summed E-state index contributed by atoms with van der Waals surface area (Å²) in [6, 6.07) is 10.5. The van der Waals surface area contributed by atoms with Gasteiger partial charge in [0.2, 0.25) is 0 Å². The smallest absolute Gasteiger partial charge is 0.354 e. The Morgan fingerprint density at radius 3 is 1.69 bits per heavy atom. The standard InChI is InChI=1S/C18H16N4O4S.C16H12N4O4S/c1-3-26-18(24)12-6-10-16(19-8-20-17(10)22-12)21-11-7-14-9(4-13(11)25-2)5-15(23)27-14;1-24-11-2-7-3-13(21)25-12(7)5-9(11)19-14-8-4-10(16(22)23)20-15(8)18-6-17-14/h4,6-8H,3,5H2,1-2H3,(H2,19,20,21,22);2,4-6H,3H2,1H3,(H,22,23)(H2,17,18,19,20). The highest BCUT2D eigenvalue weighted by atomic mass is 32.2. The lowest BCUT2D eigenvalue weighted by Gasteiger charge is -2.13. The zero-order valence-electron chi connectivity index (χ0n) is 27.7. The predicted octanol–water partition coefficient (Wildman–Crippen LogP) is 5.64. The molecule has 0 bridgehead atoms. The number of thioether (sulfide) groups is 2. The fourth-order valence-corrected chi connectivity index (χ4v) is 7.42. The van der Waals surface area contributed by atoms with E-state index >= 15 is 0 Å². The molecule has 0 spiro atoms. The maximum atomic E-state index is 12.0. The first kappa shape index (κ1) is 34.3. The molecule has 264 valence electrons. The van der Waals surface area contributed by atoms with Gasteiger partial charge in [0.25, 0.3) is 0 Å². The Kier molecular flexibility index (Phi) is 9.39. The van der Waals surface area contributed by atoms with E-state index in [2.05, 4.69) is 40.5 Å². The van der Waals surface area contributed by atoms with Gasteiger partial charge in [-0.3, -0.25) is 9.59 Å². The van der Waals surface area contributed by atoms with E-state index in [-0.39, 0.29) is 22.5 Å². The van der Waals surface area contributed by atoms with Crippen molar-refractivity contribution in [2.75, 3.05) is 31.5 Å². The van der Waals surface area contributed by atoms with Crippen LogP contribution in [0.15, 0.2) is 58.8 Å². The minimum absolute atomic E-state index is 0.0284. The second-order valence-corrected chi connectivity index (χ2v) is 13.4. The van der Waals surface area contributed by atoms with Crippen LogP contribution in [0, 0.1) is 0 Å². The van der Waals surface area contributed by atoms with Gasteiger partial charge in [0.1, 0.15) is 58.5 Å². The lowest BCUT2D eigenvalue weighted by molar-refractivity contribution is -0.110. The Balaban J connectivity index is 0.000000162. The number of aromatic nitrogens is 6. The number of anilines is 4. The molecule has 8 rings (SSSR count). The molecule has 0 saturated carbocycles. The summed E-state index contributed by atoms with van der Waals surface area (Å²) in [6.45, 7) is 2.03. The number of carboxylic acid groups (broad SMARTS) is 1. The third kappa shape index (κ3) is 6.80. The summed E-state index contributed by atoms with van der Waals surface area (Å²) < 4.78 is 15.9. The molecule has 4 aromatic heterocycles. The molecule has 16 nitrogen and oxygen atoms in total. The molecule has 6 aromatic rings. The second kappa shape index (κ2) is 14.2. The number of hydrogen-bond acceptors (Lipinski definition) is 15. The molecular formula is C34H28N8O8S2. The number of methoxy groups -OCH3 is 2. The van der Waals surface area contributed by atoms with Gasteiger partial charge in [0.15, 0.2) is 10.2 Å². The van der Waals surface area contributed by atoms with Crippen LogP contribution < -0.4 is 20.1 Å². The molecule has 0 atom stereocenters. The van der Waals surface area contributed by atoms with Crippen LogP contribution in [-0.2, 0) is 27.2 Å². The first-order valence-electron chi connectivity index (χ1n) is 15.6. The van der Waals surface area contributed by atoms with Gasteiger partial charge in [-0.25, -0.2) is 29.5 Å². The fourth-order valence-electron chi connectivity index (χ4n) is 5.60. The van der Waals surface area contributed by atoms with Crippen molar-refractivity contribution in [3.8, 4) is 11.5 Å². The van der Waals surface area contributed by atoms with Gasteiger partial charge in [-0.15, -0.1) is 0 Å². The van der Waals surface area contributed by atoms with Crippen LogP contribution in [-0.4, -0.2) is 78.0 Å². The number of aromatic carboxylic acids is 1. The summed E-state index contributed by atoms with van der Waals surface area (Å²) in [5.74, 6) is 0.618. The van der Waals surface area contributed by atoms with Crippen molar-refractivity contribution in [2.24, 2.45) is 0 Å². The average Bonchev–Trinajstić information content (AvgIpc) is 3.92. The van der Waals surface area contributed by atoms with Gasteiger partial charge in [0, 0.05) is 22.6 Å². The van der Waals surface area contributed by atoms with Crippen LogP contribution in [0.4, 0.5) is 23.0 Å². The van der Waals surface area contributed by atoms with Crippen molar-refractivity contribution < 1.29 is 38.5 Å². The predicted molar refractivity (Wildman–Crippen MR) is 192 cm³/mol. The van der Waals surface area contributed by atoms with Gasteiger partial charge < -0.3 is 39.9 Å². The Labute approximate surface area is 302 Å². The summed E-state index contributed by atoms with van der Waals surface area (Å²) in [6.07, 6.45) is 3.52. The van der Waals surface area contributed by atoms with Gasteiger partial charge in [-0.2, -0.15) is 0 Å². The maximum Gasteiger partial charge on any atom is 0.354 e. The molecule has 5 N–H and O–H groups in total. The molecule has 2 aliphatic heterocycles. The van der Waals surface area contributed by atoms with Crippen LogP contribution in [0.3, 0.4) is 0 Å². The summed E-state index contributed by atoms with van der Waals surface area (Å²) in [7, 11) is 3.12. The van der Waals surface area contributed by atoms with Gasteiger partial charge >= 0.3 is 11.9 Å². The number of carbonyl (C=O) groups is 4. The average molecular weight is 741 g/mol. The number of aromatic amines is 2. The zero-order chi connectivity index (χ0) is 36.5. The van der Waals surface area contributed by atoms with Crippen LogP contribution >= 0.6 is 23.5 Å². The summed E-state index contributed by atoms with van der Waals surface area (Å²) in [4.78, 5) is 70.6. The maximum absolute atomic E-state index is 12.0. The molecule has 0 aliphatic carbocycles. The first-order chi connectivity index (χ1) is 25.1. The minimum atomic E-state index is -1.08. The van der Waals surface area contributed by atoms with Crippen molar-refractivity contribution >= 4 is 90.8 Å². The van der Waals surface area contributed by atoms with Crippen LogP contribution in [0.2, 0.25) is 0 Å². The number of carbonyl (C=O) groups excluding carboxylic acids is 3. The number of nitrogens with one attached hydrogen (secondary N) is 4. The van der Waals surface area contributed by atoms with E-state index in [1.165, 1.54) is 42.2 Å². The number of carboxylic acids is 1. The summed E-state index contributed by atoms with van der Waals surface area (Å²) in [5, 5.41) is 16.9. The third-order valence-corrected chi connectivity index (χ3v) is 9.91. The molecule has 2 aromatic carbocycles. The van der Waals surface area contributed by atoms with Crippen molar-refractivity contribution in [1.82, 2.24) is 29.9 Å². The molecule has 0 amide bonds. The lowest BCUT2D eigenvalue weighted by atomic mass is 10.1. The van der Waals surface area contributed by atoms with E-state index in [0.29, 0.717) is 75.1 Å². The second-order valence-electron chi connectivity index (χ2n) is 11.2. The number of nitrogens with zero attached hydrogens (tertiary/aromatic N) is 4. The number of fused-ring (bicyclic) bond motifs is 4. The molecule has 18 heteroatoms. The van der Waals surface area contributed by atoms with Crippen molar-refractivity contribution in [1.29, 1.82) is 0 Å².